The topological polar surface area (TPSA) is 0 Å². The lowest BCUT2D eigenvalue weighted by molar-refractivity contribution is 0.0222. The Morgan fingerprint density at radius 3 is 1.80 bits per heavy atom. The molecule has 0 aromatic heterocycles. The van der Waals surface area contributed by atoms with Crippen LogP contribution in [0.4, 0.5) is 13.2 Å². The van der Waals surface area contributed by atoms with Crippen molar-refractivity contribution in [2.75, 3.05) is 0 Å². The molecule has 0 spiro atoms. The third-order valence-corrected chi connectivity index (χ3v) is 1.95. The van der Waals surface area contributed by atoms with Crippen molar-refractivity contribution in [2.45, 2.75) is 38.3 Å². The van der Waals surface area contributed by atoms with Gasteiger partial charge in [-0.1, -0.05) is 6.92 Å². The molecular weight excluding hydrogens is 141 g/mol. The van der Waals surface area contributed by atoms with Gasteiger partial charge in [0.05, 0.1) is 0 Å². The highest BCUT2D eigenvalue weighted by molar-refractivity contribution is 4.84. The highest BCUT2D eigenvalue weighted by Gasteiger charge is 2.36. The zero-order valence-electron chi connectivity index (χ0n) is 5.86. The van der Waals surface area contributed by atoms with Gasteiger partial charge in [-0.3, -0.25) is 0 Å². The fourth-order valence-corrected chi connectivity index (χ4v) is 1.35. The van der Waals surface area contributed by atoms with Gasteiger partial charge in [0.2, 0.25) is 0 Å². The summed E-state index contributed by atoms with van der Waals surface area (Å²) in [5.41, 5.74) is 0. The minimum Gasteiger partial charge on any atom is -0.244 e. The van der Waals surface area contributed by atoms with Crippen LogP contribution < -0.4 is 0 Å². The molecule has 1 rings (SSSR count). The summed E-state index contributed by atoms with van der Waals surface area (Å²) >= 11 is 0. The normalized spacial score (nSPS) is 49.2. The first-order valence-corrected chi connectivity index (χ1v) is 3.53. The molecule has 0 heterocycles. The maximum Gasteiger partial charge on any atom is 0.162 e. The number of alkyl halides is 3. The summed E-state index contributed by atoms with van der Waals surface area (Å²) in [6.45, 7) is 1.74. The standard InChI is InChI=1S/C7H11F3/c1-4-2-5(8)7(10)6(9)3-4/h4-7H,2-3H2,1H3/t4?,5-,6?,7?/m1/s1. The Morgan fingerprint density at radius 2 is 1.40 bits per heavy atom. The van der Waals surface area contributed by atoms with E-state index in [1.54, 1.807) is 6.92 Å². The van der Waals surface area contributed by atoms with Gasteiger partial charge in [0.15, 0.2) is 6.17 Å². The van der Waals surface area contributed by atoms with Crippen LogP contribution in [-0.2, 0) is 0 Å². The molecule has 4 atom stereocenters. The van der Waals surface area contributed by atoms with E-state index in [-0.39, 0.29) is 18.8 Å². The van der Waals surface area contributed by atoms with Gasteiger partial charge in [-0.05, 0) is 18.8 Å². The molecule has 1 aliphatic rings. The molecule has 0 aromatic rings. The third kappa shape index (κ3) is 1.44. The van der Waals surface area contributed by atoms with Gasteiger partial charge in [-0.15, -0.1) is 0 Å². The highest BCUT2D eigenvalue weighted by Crippen LogP contribution is 2.30. The number of halogens is 3. The Kier molecular flexibility index (Phi) is 2.21. The highest BCUT2D eigenvalue weighted by atomic mass is 19.2. The third-order valence-electron chi connectivity index (χ3n) is 1.95. The molecule has 1 saturated carbocycles. The van der Waals surface area contributed by atoms with Crippen LogP contribution in [-0.4, -0.2) is 18.5 Å². The summed E-state index contributed by atoms with van der Waals surface area (Å²) in [6.07, 6.45) is -4.71. The van der Waals surface area contributed by atoms with Gasteiger partial charge in [-0.25, -0.2) is 13.2 Å². The molecule has 0 saturated heterocycles. The van der Waals surface area contributed by atoms with Crippen LogP contribution in [0.1, 0.15) is 19.8 Å². The second-order valence-electron chi connectivity index (χ2n) is 3.05. The van der Waals surface area contributed by atoms with Crippen LogP contribution in [0.3, 0.4) is 0 Å². The first-order chi connectivity index (χ1) is 4.61. The molecule has 0 bridgehead atoms. The maximum absolute atomic E-state index is 12.5. The summed E-state index contributed by atoms with van der Waals surface area (Å²) in [5, 5.41) is 0. The monoisotopic (exact) mass is 152 g/mol. The molecule has 60 valence electrons. The van der Waals surface area contributed by atoms with E-state index in [0.717, 1.165) is 0 Å². The Morgan fingerprint density at radius 1 is 1.00 bits per heavy atom. The van der Waals surface area contributed by atoms with Crippen molar-refractivity contribution in [3.63, 3.8) is 0 Å². The van der Waals surface area contributed by atoms with Crippen LogP contribution >= 0.6 is 0 Å². The molecule has 1 aliphatic carbocycles. The molecule has 0 radical (unpaired) electrons. The molecule has 0 nitrogen and oxygen atoms in total. The van der Waals surface area contributed by atoms with E-state index in [9.17, 15) is 13.2 Å². The van der Waals surface area contributed by atoms with Crippen molar-refractivity contribution < 1.29 is 13.2 Å². The number of hydrogen-bond acceptors (Lipinski definition) is 0. The van der Waals surface area contributed by atoms with Crippen LogP contribution in [0.25, 0.3) is 0 Å². The molecule has 3 unspecified atom stereocenters. The lowest BCUT2D eigenvalue weighted by Crippen LogP contribution is -2.36. The largest absolute Gasteiger partial charge is 0.244 e. The Balaban J connectivity index is 2.49. The van der Waals surface area contributed by atoms with Crippen molar-refractivity contribution in [1.29, 1.82) is 0 Å². The number of hydrogen-bond donors (Lipinski definition) is 0. The predicted molar refractivity (Wildman–Crippen MR) is 33.1 cm³/mol. The van der Waals surface area contributed by atoms with E-state index < -0.39 is 18.5 Å². The lowest BCUT2D eigenvalue weighted by atomic mass is 9.87. The van der Waals surface area contributed by atoms with Gasteiger partial charge in [0.25, 0.3) is 0 Å². The molecule has 10 heavy (non-hydrogen) atoms. The van der Waals surface area contributed by atoms with Gasteiger partial charge in [0, 0.05) is 0 Å². The van der Waals surface area contributed by atoms with E-state index in [2.05, 4.69) is 0 Å². The molecule has 0 amide bonds. The second kappa shape index (κ2) is 2.81. The summed E-state index contributed by atoms with van der Waals surface area (Å²) in [5.74, 6) is -0.0167. The molecule has 0 aromatic carbocycles. The van der Waals surface area contributed by atoms with E-state index in [4.69, 9.17) is 0 Å². The van der Waals surface area contributed by atoms with Crippen LogP contribution in [0.2, 0.25) is 0 Å². The zero-order valence-corrected chi connectivity index (χ0v) is 5.86. The summed E-state index contributed by atoms with van der Waals surface area (Å²) in [6, 6.07) is 0. The second-order valence-corrected chi connectivity index (χ2v) is 3.05. The van der Waals surface area contributed by atoms with Gasteiger partial charge < -0.3 is 0 Å². The number of rotatable bonds is 0. The minimum atomic E-state index is -1.88. The summed E-state index contributed by atoms with van der Waals surface area (Å²) < 4.78 is 37.3. The zero-order chi connectivity index (χ0) is 7.72. The van der Waals surface area contributed by atoms with Crippen molar-refractivity contribution in [1.82, 2.24) is 0 Å². The Labute approximate surface area is 58.4 Å². The van der Waals surface area contributed by atoms with E-state index >= 15 is 0 Å². The fraction of sp³-hybridized carbons (Fsp3) is 1.00. The van der Waals surface area contributed by atoms with Gasteiger partial charge in [-0.2, -0.15) is 0 Å². The van der Waals surface area contributed by atoms with Gasteiger partial charge >= 0.3 is 0 Å². The average molecular weight is 152 g/mol. The van der Waals surface area contributed by atoms with Crippen molar-refractivity contribution in [3.8, 4) is 0 Å². The summed E-state index contributed by atoms with van der Waals surface area (Å²) in [7, 11) is 0. The first kappa shape index (κ1) is 7.89. The smallest absolute Gasteiger partial charge is 0.162 e. The van der Waals surface area contributed by atoms with Crippen LogP contribution in [0, 0.1) is 5.92 Å². The van der Waals surface area contributed by atoms with Crippen molar-refractivity contribution in [3.05, 3.63) is 0 Å². The predicted octanol–water partition coefficient (Wildman–Crippen LogP) is 2.43. The molecule has 0 N–H and O–H groups in total. The van der Waals surface area contributed by atoms with Crippen molar-refractivity contribution >= 4 is 0 Å². The van der Waals surface area contributed by atoms with E-state index in [1.807, 2.05) is 0 Å². The van der Waals surface area contributed by atoms with Gasteiger partial charge in [0.1, 0.15) is 12.3 Å². The Bertz CT molecular complexity index is 103. The SMILES string of the molecule is CC1CC(F)C(F)[C@H](F)C1. The average Bonchev–Trinajstić information content (AvgIpc) is 1.82. The minimum absolute atomic E-state index is 0.0167. The fourth-order valence-electron chi connectivity index (χ4n) is 1.35. The molecule has 0 aliphatic heterocycles. The molecule has 1 fully saturated rings. The Hall–Kier alpha value is -0.210. The van der Waals surface area contributed by atoms with E-state index in [0.29, 0.717) is 0 Å². The molecular formula is C7H11F3. The summed E-state index contributed by atoms with van der Waals surface area (Å²) in [4.78, 5) is 0. The van der Waals surface area contributed by atoms with Crippen molar-refractivity contribution in [2.24, 2.45) is 5.92 Å². The van der Waals surface area contributed by atoms with Crippen LogP contribution in [0.5, 0.6) is 0 Å². The lowest BCUT2D eigenvalue weighted by Gasteiger charge is -2.27. The maximum atomic E-state index is 12.5. The molecule has 3 heteroatoms. The van der Waals surface area contributed by atoms with Crippen LogP contribution in [0.15, 0.2) is 0 Å². The quantitative estimate of drug-likeness (QED) is 0.500. The van der Waals surface area contributed by atoms with E-state index in [1.165, 1.54) is 0 Å². The first-order valence-electron chi connectivity index (χ1n) is 3.53.